The number of carbonyl (C=O) groups excluding carboxylic acids is 6. The van der Waals surface area contributed by atoms with Crippen molar-refractivity contribution >= 4 is 53.2 Å². The summed E-state index contributed by atoms with van der Waals surface area (Å²) in [5, 5.41) is 139. The molecule has 10 aliphatic rings. The molecule has 6 amide bonds. The summed E-state index contributed by atoms with van der Waals surface area (Å²) in [6, 6.07) is 11.3. The van der Waals surface area contributed by atoms with E-state index in [1.54, 1.807) is 37.3 Å². The third kappa shape index (κ3) is 17.2. The highest BCUT2D eigenvalue weighted by atomic mass is 35.5. The van der Waals surface area contributed by atoms with E-state index >= 15 is 19.2 Å². The Balaban J connectivity index is 1.02. The molecule has 38 nitrogen and oxygen atoms in total. The van der Waals surface area contributed by atoms with E-state index in [0.717, 1.165) is 24.3 Å². The molecular formula is C78H87ClN8O30. The molecular weight excluding hydrogens is 1560 g/mol. The van der Waals surface area contributed by atoms with Gasteiger partial charge in [0.1, 0.15) is 96.0 Å². The Bertz CT molecular complexity index is 4690. The average molecular weight is 1650 g/mol. The van der Waals surface area contributed by atoms with E-state index in [9.17, 15) is 70.6 Å². The molecule has 10 aliphatic heterocycles. The van der Waals surface area contributed by atoms with E-state index in [1.807, 2.05) is 0 Å². The molecule has 10 heterocycles. The van der Waals surface area contributed by atoms with Crippen LogP contribution in [0.4, 0.5) is 4.79 Å². The zero-order valence-corrected chi connectivity index (χ0v) is 63.2. The number of phenolic OH excluding ortho intramolecular Hbond substituents is 1. The van der Waals surface area contributed by atoms with Crippen LogP contribution in [-0.2, 0) is 79.7 Å². The summed E-state index contributed by atoms with van der Waals surface area (Å²) in [7, 11) is 1.40. The third-order valence-corrected chi connectivity index (χ3v) is 22.0. The maximum absolute atomic E-state index is 16.7. The highest BCUT2D eigenvalue weighted by Crippen LogP contribution is 2.50. The number of aliphatic hydroxyl groups is 9. The predicted molar refractivity (Wildman–Crippen MR) is 397 cm³/mol. The fourth-order valence-corrected chi connectivity index (χ4v) is 15.8. The quantitative estimate of drug-likeness (QED) is 0.0598. The normalized spacial score (nSPS) is 33.8. The second-order valence-corrected chi connectivity index (χ2v) is 29.9. The van der Waals surface area contributed by atoms with Crippen molar-refractivity contribution in [2.75, 3.05) is 20.3 Å². The first-order valence-corrected chi connectivity index (χ1v) is 37.8. The molecule has 11 bridgehead atoms. The average Bonchev–Trinajstić information content (AvgIpc) is 1.27. The molecule has 0 spiro atoms. The number of amides is 6. The molecule has 0 aromatic heterocycles. The first kappa shape index (κ1) is 83.5. The minimum absolute atomic E-state index is 0.0901. The number of rotatable bonds is 15. The molecule has 21 N–H and O–H groups in total. The van der Waals surface area contributed by atoms with Crippen LogP contribution in [0.2, 0.25) is 5.02 Å². The molecule has 39 heteroatoms. The summed E-state index contributed by atoms with van der Waals surface area (Å²) in [6.07, 6.45) is -30.8. The zero-order valence-electron chi connectivity index (χ0n) is 62.4. The maximum atomic E-state index is 16.7. The largest absolute Gasteiger partial charge is 0.508 e. The van der Waals surface area contributed by atoms with Gasteiger partial charge in [-0.1, -0.05) is 72.3 Å². The van der Waals surface area contributed by atoms with Gasteiger partial charge in [-0.25, -0.2) is 9.59 Å². The number of phenols is 1. The number of carbonyl (C=O) groups is 7. The van der Waals surface area contributed by atoms with Crippen molar-refractivity contribution in [2.24, 2.45) is 11.5 Å². The van der Waals surface area contributed by atoms with E-state index in [-0.39, 0.29) is 69.2 Å². The molecule has 117 heavy (non-hydrogen) atoms. The summed E-state index contributed by atoms with van der Waals surface area (Å²) in [6.45, 7) is 0.284. The number of hydrogen-bond acceptors (Lipinski definition) is 31. The van der Waals surface area contributed by atoms with E-state index in [4.69, 9.17) is 79.9 Å². The fraction of sp³-hybridized carbons (Fsp3) is 0.449. The first-order valence-electron chi connectivity index (χ1n) is 37.4. The van der Waals surface area contributed by atoms with E-state index in [2.05, 4.69) is 31.9 Å². The van der Waals surface area contributed by atoms with E-state index in [0.29, 0.717) is 5.56 Å². The standard InChI is InChI=1S/C78H87ClN8O30/c1-29-59(92)42(80)24-51(107-29)115-69-63(96)61(94)50(28-90)113-77(69)116-68-47-20-36-21-48(68)110-45-16-13-34(19-41(45)79)67(114-52-25-43(81)65(106-3)30(2)108-52)57-74(102)85-56(75(103)104)40-22-37(91)23-46(111-76-64(97)62(95)60(93)49(27-89)112-76)53(40)39-18-33(9-10-35(39)26-88)54(71(99)86-57)84-72(100)55(36)83-70(98)44(17-31-7-5-4-6-8-31)82-73(101)58-66(117-78(105)87-58)32-11-14-38(109-47)15-12-32/h4-16,18-23,29-30,42-44,49-52,54-67,69,76-77,88-97H,17,24-28,80-81H2,1-3H3,(H,82,101)(H,83,98)(H,84,100)(H,85,102)(H,86,99)(H,87,105)(H,103,104)/t29-,30-,42?,43?,44?,49?,50?,51?,52?,54-,55-,56-,57-,58+,59?,60+,61+,62?,63?,64?,65?,66+,67+,69?,76+,77-/m0/s1. The molecule has 26 atom stereocenters. The molecule has 0 radical (unpaired) electrons. The van der Waals surface area contributed by atoms with Gasteiger partial charge in [0.15, 0.2) is 48.4 Å². The molecule has 0 aliphatic carbocycles. The summed E-state index contributed by atoms with van der Waals surface area (Å²) in [5.74, 6) is -11.4. The second kappa shape index (κ2) is 34.9. The van der Waals surface area contributed by atoms with Crippen LogP contribution in [0.5, 0.6) is 40.2 Å². The van der Waals surface area contributed by atoms with Crippen LogP contribution in [0.1, 0.15) is 96.0 Å². The number of aliphatic hydroxyl groups excluding tert-OH is 9. The smallest absolute Gasteiger partial charge is 0.408 e. The van der Waals surface area contributed by atoms with Crippen LogP contribution in [-0.4, -0.2) is 247 Å². The second-order valence-electron chi connectivity index (χ2n) is 29.5. The number of halogens is 1. The summed E-state index contributed by atoms with van der Waals surface area (Å²) in [5.41, 5.74) is 11.5. The predicted octanol–water partition coefficient (Wildman–Crippen LogP) is -0.811. The number of aromatic hydroxyl groups is 1. The summed E-state index contributed by atoms with van der Waals surface area (Å²) >= 11 is 7.45. The number of hydrogen-bond donors (Lipinski definition) is 19. The minimum Gasteiger partial charge on any atom is -0.508 e. The number of aliphatic carboxylic acids is 1. The van der Waals surface area contributed by atoms with Crippen molar-refractivity contribution in [3.8, 4) is 51.4 Å². The first-order chi connectivity index (χ1) is 56.0. The Morgan fingerprint density at radius 3 is 1.87 bits per heavy atom. The Hall–Kier alpha value is -10.0. The van der Waals surface area contributed by atoms with Gasteiger partial charge in [0.05, 0.1) is 49.3 Å². The van der Waals surface area contributed by atoms with Crippen molar-refractivity contribution in [1.82, 2.24) is 31.9 Å². The van der Waals surface area contributed by atoms with Crippen LogP contribution >= 0.6 is 11.6 Å². The maximum Gasteiger partial charge on any atom is 0.408 e. The summed E-state index contributed by atoms with van der Waals surface area (Å²) in [4.78, 5) is 108. The lowest BCUT2D eigenvalue weighted by molar-refractivity contribution is -0.330. The van der Waals surface area contributed by atoms with Crippen molar-refractivity contribution in [2.45, 2.75) is 199 Å². The van der Waals surface area contributed by atoms with Crippen molar-refractivity contribution in [1.29, 1.82) is 0 Å². The lowest BCUT2D eigenvalue weighted by Crippen LogP contribution is -2.62. The SMILES string of the molecule is COC1C(N)CC(O[C@@H]2c3ccc(c(Cl)c3)Oc3cc4cc(c3O[C@@H]3OC(CO)[C@@H](O)C(O)C3OC3CC(N)C(O)[C@H](C)O3)Oc3ccc(cc3)[C@H]3OC(=O)N[C@H]3C(=O)NC(Cc3ccccc3)C(=O)N[C@@H]4C(=O)N[C@@H]3C(=O)N[C@@H]2C(=O)N[C@H](C(=O)O)c2cc(O)cc(O[C@@H]4OC(CO)[C@@H](O)C(O)C4O)c2-c2cc3ccc2CO)O[C@H]1C. The Morgan fingerprint density at radius 2 is 1.20 bits per heavy atom. The molecule has 0 saturated carbocycles. The minimum atomic E-state index is -2.37. The number of nitrogens with two attached hydrogens (primary N) is 2. The number of fused-ring (bicyclic) bond motifs is 13. The number of ether oxygens (including phenoxy) is 12. The highest BCUT2D eigenvalue weighted by Gasteiger charge is 2.52. The number of alkyl carbamates (subject to hydrolysis) is 1. The molecule has 5 saturated heterocycles. The fourth-order valence-electron chi connectivity index (χ4n) is 15.5. The van der Waals surface area contributed by atoms with E-state index < -0.39 is 260 Å². The van der Waals surface area contributed by atoms with Gasteiger partial charge >= 0.3 is 12.1 Å². The van der Waals surface area contributed by atoms with Crippen molar-refractivity contribution in [3.05, 3.63) is 159 Å². The van der Waals surface area contributed by atoms with Crippen molar-refractivity contribution < 1.29 is 147 Å². The molecule has 16 rings (SSSR count). The molecule has 626 valence electrons. The van der Waals surface area contributed by atoms with Crippen molar-refractivity contribution in [3.63, 3.8) is 0 Å². The van der Waals surface area contributed by atoms with Gasteiger partial charge < -0.3 is 156 Å². The van der Waals surface area contributed by atoms with Crippen LogP contribution in [0.15, 0.2) is 115 Å². The Labute approximate surface area is 670 Å². The molecule has 13 unspecified atom stereocenters. The highest BCUT2D eigenvalue weighted by molar-refractivity contribution is 6.32. The van der Waals surface area contributed by atoms with Gasteiger partial charge in [0.2, 0.25) is 47.9 Å². The van der Waals surface area contributed by atoms with Gasteiger partial charge in [0.25, 0.3) is 0 Å². The number of methoxy groups -OCH3 is 1. The Morgan fingerprint density at radius 1 is 0.564 bits per heavy atom. The number of benzene rings is 6. The lowest BCUT2D eigenvalue weighted by Gasteiger charge is -2.44. The molecule has 5 fully saturated rings. The van der Waals surface area contributed by atoms with Gasteiger partial charge in [0, 0.05) is 55.6 Å². The van der Waals surface area contributed by atoms with Crippen LogP contribution in [0.25, 0.3) is 11.1 Å². The molecule has 6 aromatic rings. The van der Waals surface area contributed by atoms with Crippen LogP contribution < -0.4 is 62.3 Å². The number of carboxylic acid groups (broad SMARTS) is 1. The van der Waals surface area contributed by atoms with Gasteiger partial charge in [-0.05, 0) is 101 Å². The third-order valence-electron chi connectivity index (χ3n) is 21.7. The summed E-state index contributed by atoms with van der Waals surface area (Å²) < 4.78 is 75.6. The molecule has 6 aromatic carbocycles. The van der Waals surface area contributed by atoms with Crippen LogP contribution in [0, 0.1) is 0 Å². The zero-order chi connectivity index (χ0) is 83.3. The van der Waals surface area contributed by atoms with Crippen LogP contribution in [0.3, 0.4) is 0 Å². The van der Waals surface area contributed by atoms with Gasteiger partial charge in [-0.2, -0.15) is 0 Å². The number of nitrogens with one attached hydrogen (secondary N) is 6. The Kier molecular flexibility index (Phi) is 24.9. The van der Waals surface area contributed by atoms with Gasteiger partial charge in [-0.15, -0.1) is 0 Å². The topological polar surface area (TPSA) is 577 Å². The number of carboxylic acids is 1. The lowest BCUT2D eigenvalue weighted by atomic mass is 9.87. The van der Waals surface area contributed by atoms with Gasteiger partial charge in [-0.3, -0.25) is 24.0 Å². The van der Waals surface area contributed by atoms with E-state index in [1.165, 1.54) is 74.7 Å². The monoisotopic (exact) mass is 1650 g/mol.